The standard InChI is InChI=1S/C16H21F3N2O/c17-16(18,19)12-5-3-4-10-11(7-9-21-14(10)12)15(22)13-6-1-2-8-20-13/h3-5,11,13,15,20-22H,1-2,6-9H2/t11-,13-,15+/m1/s1. The quantitative estimate of drug-likeness (QED) is 0.786. The molecule has 3 atom stereocenters. The molecule has 3 rings (SSSR count). The lowest BCUT2D eigenvalue weighted by molar-refractivity contribution is -0.137. The minimum absolute atomic E-state index is 0.0285. The van der Waals surface area contributed by atoms with Crippen LogP contribution in [0.4, 0.5) is 18.9 Å². The maximum Gasteiger partial charge on any atom is 0.418 e. The third-order valence-corrected chi connectivity index (χ3v) is 4.73. The van der Waals surface area contributed by atoms with Crippen molar-refractivity contribution in [2.24, 2.45) is 0 Å². The zero-order valence-corrected chi connectivity index (χ0v) is 12.3. The Bertz CT molecular complexity index is 527. The van der Waals surface area contributed by atoms with Crippen LogP contribution < -0.4 is 10.6 Å². The topological polar surface area (TPSA) is 44.3 Å². The van der Waals surface area contributed by atoms with Crippen LogP contribution in [0.1, 0.15) is 42.7 Å². The molecule has 0 saturated carbocycles. The number of nitrogens with one attached hydrogen (secondary N) is 2. The second-order valence-corrected chi connectivity index (χ2v) is 6.14. The van der Waals surface area contributed by atoms with E-state index in [4.69, 9.17) is 0 Å². The maximum absolute atomic E-state index is 13.1. The molecule has 0 aliphatic carbocycles. The summed E-state index contributed by atoms with van der Waals surface area (Å²) in [6.07, 6.45) is -1.37. The van der Waals surface area contributed by atoms with Crippen molar-refractivity contribution in [1.82, 2.24) is 5.32 Å². The Labute approximate surface area is 127 Å². The maximum atomic E-state index is 13.1. The molecule has 0 amide bonds. The van der Waals surface area contributed by atoms with Crippen molar-refractivity contribution in [2.45, 2.75) is 49.9 Å². The summed E-state index contributed by atoms with van der Waals surface area (Å²) in [4.78, 5) is 0. The fourth-order valence-electron chi connectivity index (χ4n) is 3.63. The van der Waals surface area contributed by atoms with Crippen LogP contribution in [-0.4, -0.2) is 30.3 Å². The number of hydrogen-bond donors (Lipinski definition) is 3. The van der Waals surface area contributed by atoms with Crippen LogP contribution in [0.15, 0.2) is 18.2 Å². The van der Waals surface area contributed by atoms with Gasteiger partial charge in [0.15, 0.2) is 0 Å². The van der Waals surface area contributed by atoms with Crippen molar-refractivity contribution >= 4 is 5.69 Å². The van der Waals surface area contributed by atoms with E-state index in [1.807, 2.05) is 0 Å². The summed E-state index contributed by atoms with van der Waals surface area (Å²) in [5, 5.41) is 16.8. The van der Waals surface area contributed by atoms with Crippen LogP contribution in [-0.2, 0) is 6.18 Å². The molecule has 2 heterocycles. The number of aliphatic hydroxyl groups is 1. The second kappa shape index (κ2) is 6.08. The molecular formula is C16H21F3N2O. The molecule has 22 heavy (non-hydrogen) atoms. The monoisotopic (exact) mass is 314 g/mol. The summed E-state index contributed by atoms with van der Waals surface area (Å²) < 4.78 is 39.4. The molecular weight excluding hydrogens is 293 g/mol. The lowest BCUT2D eigenvalue weighted by atomic mass is 9.80. The van der Waals surface area contributed by atoms with Gasteiger partial charge in [-0.25, -0.2) is 0 Å². The minimum atomic E-state index is -4.38. The smallest absolute Gasteiger partial charge is 0.391 e. The van der Waals surface area contributed by atoms with Gasteiger partial charge in [0.2, 0.25) is 0 Å². The van der Waals surface area contributed by atoms with Crippen molar-refractivity contribution in [3.05, 3.63) is 29.3 Å². The normalized spacial score (nSPS) is 26.9. The van der Waals surface area contributed by atoms with E-state index in [0.717, 1.165) is 31.9 Å². The van der Waals surface area contributed by atoms with Crippen LogP contribution in [0.3, 0.4) is 0 Å². The lowest BCUT2D eigenvalue weighted by Gasteiger charge is -2.37. The Morgan fingerprint density at radius 2 is 1.95 bits per heavy atom. The number of anilines is 1. The van der Waals surface area contributed by atoms with Gasteiger partial charge in [-0.15, -0.1) is 0 Å². The summed E-state index contributed by atoms with van der Waals surface area (Å²) >= 11 is 0. The zero-order chi connectivity index (χ0) is 15.7. The predicted octanol–water partition coefficient (Wildman–Crippen LogP) is 3.11. The fourth-order valence-corrected chi connectivity index (χ4v) is 3.63. The first-order chi connectivity index (χ1) is 10.5. The molecule has 1 saturated heterocycles. The van der Waals surface area contributed by atoms with Gasteiger partial charge in [0.05, 0.1) is 11.7 Å². The molecule has 1 aromatic rings. The van der Waals surface area contributed by atoms with Crippen LogP contribution in [0, 0.1) is 0 Å². The molecule has 0 aromatic heterocycles. The van der Waals surface area contributed by atoms with E-state index in [1.165, 1.54) is 6.07 Å². The van der Waals surface area contributed by atoms with Crippen molar-refractivity contribution in [3.8, 4) is 0 Å². The van der Waals surface area contributed by atoms with Gasteiger partial charge < -0.3 is 15.7 Å². The van der Waals surface area contributed by atoms with Crippen molar-refractivity contribution < 1.29 is 18.3 Å². The van der Waals surface area contributed by atoms with E-state index in [9.17, 15) is 18.3 Å². The molecule has 122 valence electrons. The van der Waals surface area contributed by atoms with Crippen LogP contribution in [0.2, 0.25) is 0 Å². The van der Waals surface area contributed by atoms with Gasteiger partial charge in [-0.05, 0) is 37.4 Å². The number of halogens is 3. The Hall–Kier alpha value is -1.27. The number of piperidine rings is 1. The fraction of sp³-hybridized carbons (Fsp3) is 0.625. The highest BCUT2D eigenvalue weighted by atomic mass is 19.4. The van der Waals surface area contributed by atoms with Gasteiger partial charge in [0, 0.05) is 24.2 Å². The SMILES string of the molecule is O[C@@H]([C@@H]1CCNc2c1cccc2C(F)(F)F)[C@H]1CCCCN1. The average molecular weight is 314 g/mol. The summed E-state index contributed by atoms with van der Waals surface area (Å²) in [6, 6.07) is 4.20. The van der Waals surface area contributed by atoms with Gasteiger partial charge >= 0.3 is 6.18 Å². The van der Waals surface area contributed by atoms with E-state index in [1.54, 1.807) is 6.07 Å². The Morgan fingerprint density at radius 1 is 1.14 bits per heavy atom. The van der Waals surface area contributed by atoms with E-state index in [0.29, 0.717) is 18.5 Å². The Morgan fingerprint density at radius 3 is 2.64 bits per heavy atom. The molecule has 3 nitrogen and oxygen atoms in total. The van der Waals surface area contributed by atoms with Crippen molar-refractivity contribution in [3.63, 3.8) is 0 Å². The highest BCUT2D eigenvalue weighted by molar-refractivity contribution is 5.62. The molecule has 6 heteroatoms. The number of para-hydroxylation sites is 1. The van der Waals surface area contributed by atoms with Crippen molar-refractivity contribution in [1.29, 1.82) is 0 Å². The third-order valence-electron chi connectivity index (χ3n) is 4.73. The molecule has 0 unspecified atom stereocenters. The first-order valence-corrected chi connectivity index (χ1v) is 7.84. The summed E-state index contributed by atoms with van der Waals surface area (Å²) in [5.74, 6) is -0.255. The number of benzene rings is 1. The first kappa shape index (κ1) is 15.6. The zero-order valence-electron chi connectivity index (χ0n) is 12.3. The molecule has 3 N–H and O–H groups in total. The molecule has 2 aliphatic rings. The Balaban J connectivity index is 1.91. The summed E-state index contributed by atoms with van der Waals surface area (Å²) in [7, 11) is 0. The predicted molar refractivity (Wildman–Crippen MR) is 78.9 cm³/mol. The van der Waals surface area contributed by atoms with Crippen molar-refractivity contribution in [2.75, 3.05) is 18.4 Å². The molecule has 0 radical (unpaired) electrons. The molecule has 0 bridgehead atoms. The van der Waals surface area contributed by atoms with Crippen LogP contribution >= 0.6 is 0 Å². The highest BCUT2D eigenvalue weighted by Gasteiger charge is 2.39. The number of hydrogen-bond acceptors (Lipinski definition) is 3. The molecule has 1 fully saturated rings. The largest absolute Gasteiger partial charge is 0.418 e. The average Bonchev–Trinajstić information content (AvgIpc) is 2.53. The number of aliphatic hydroxyl groups excluding tert-OH is 1. The Kier molecular flexibility index (Phi) is 4.32. The number of fused-ring (bicyclic) bond motifs is 1. The summed E-state index contributed by atoms with van der Waals surface area (Å²) in [6.45, 7) is 1.32. The second-order valence-electron chi connectivity index (χ2n) is 6.14. The van der Waals surface area contributed by atoms with E-state index in [-0.39, 0.29) is 17.6 Å². The minimum Gasteiger partial charge on any atom is -0.391 e. The number of alkyl halides is 3. The van der Waals surface area contributed by atoms with Gasteiger partial charge in [0.25, 0.3) is 0 Å². The van der Waals surface area contributed by atoms with Gasteiger partial charge in [0.1, 0.15) is 0 Å². The summed E-state index contributed by atoms with van der Waals surface area (Å²) in [5.41, 5.74) is 0.0839. The lowest BCUT2D eigenvalue weighted by Crippen LogP contribution is -2.46. The van der Waals surface area contributed by atoms with Gasteiger partial charge in [-0.3, -0.25) is 0 Å². The third kappa shape index (κ3) is 2.94. The first-order valence-electron chi connectivity index (χ1n) is 7.84. The highest BCUT2D eigenvalue weighted by Crippen LogP contribution is 2.43. The molecule has 1 aromatic carbocycles. The number of rotatable bonds is 2. The molecule has 2 aliphatic heterocycles. The van der Waals surface area contributed by atoms with Gasteiger partial charge in [-0.1, -0.05) is 18.6 Å². The van der Waals surface area contributed by atoms with Crippen LogP contribution in [0.25, 0.3) is 0 Å². The van der Waals surface area contributed by atoms with E-state index >= 15 is 0 Å². The van der Waals surface area contributed by atoms with E-state index in [2.05, 4.69) is 10.6 Å². The van der Waals surface area contributed by atoms with Gasteiger partial charge in [-0.2, -0.15) is 13.2 Å². The van der Waals surface area contributed by atoms with E-state index < -0.39 is 17.8 Å². The van der Waals surface area contributed by atoms with Crippen LogP contribution in [0.5, 0.6) is 0 Å². The molecule has 0 spiro atoms.